The van der Waals surface area contributed by atoms with Gasteiger partial charge in [-0.05, 0) is 65.4 Å². The van der Waals surface area contributed by atoms with E-state index in [1.807, 2.05) is 55.5 Å². The van der Waals surface area contributed by atoms with Gasteiger partial charge in [0.2, 0.25) is 5.91 Å². The Morgan fingerprint density at radius 2 is 2.11 bits per heavy atom. The summed E-state index contributed by atoms with van der Waals surface area (Å²) < 4.78 is 1.61. The molecule has 3 aromatic rings. The first-order chi connectivity index (χ1) is 13.6. The molecule has 2 aromatic carbocycles. The third-order valence-electron chi connectivity index (χ3n) is 5.32. The molecular weight excluding hydrogens is 352 g/mol. The van der Waals surface area contributed by atoms with Gasteiger partial charge in [-0.1, -0.05) is 36.4 Å². The summed E-state index contributed by atoms with van der Waals surface area (Å²) in [6.45, 7) is 1.81. The Morgan fingerprint density at radius 1 is 1.29 bits per heavy atom. The van der Waals surface area contributed by atoms with Crippen molar-refractivity contribution in [2.75, 3.05) is 5.73 Å². The van der Waals surface area contributed by atoms with E-state index in [0.717, 1.165) is 36.1 Å². The minimum atomic E-state index is -0.503. The number of amides is 1. The summed E-state index contributed by atoms with van der Waals surface area (Å²) in [6, 6.07) is 15.4. The standard InChI is InChI=1S/C21H24N6O/c1-14-24-25-26-27(14)20(12-15-6-3-2-4-7-15)21(28)23-19-9-5-8-16-13-17(22)10-11-18(16)19/h2-4,6-7,10-11,13,19-20H,5,8-9,12,22H2,1H3,(H,23,28). The Bertz CT molecular complexity index is 968. The monoisotopic (exact) mass is 376 g/mol. The molecule has 0 radical (unpaired) electrons. The van der Waals surface area contributed by atoms with Gasteiger partial charge >= 0.3 is 0 Å². The van der Waals surface area contributed by atoms with Crippen LogP contribution in [0.25, 0.3) is 0 Å². The average molecular weight is 376 g/mol. The Labute approximate surface area is 163 Å². The van der Waals surface area contributed by atoms with Gasteiger partial charge in [0.05, 0.1) is 6.04 Å². The zero-order valence-corrected chi connectivity index (χ0v) is 15.9. The lowest BCUT2D eigenvalue weighted by Gasteiger charge is -2.28. The van der Waals surface area contributed by atoms with Crippen LogP contribution in [0.15, 0.2) is 48.5 Å². The van der Waals surface area contributed by atoms with Gasteiger partial charge in [0.25, 0.3) is 0 Å². The van der Waals surface area contributed by atoms with Crippen molar-refractivity contribution in [2.45, 2.75) is 44.7 Å². The zero-order chi connectivity index (χ0) is 19.5. The van der Waals surface area contributed by atoms with Gasteiger partial charge in [0.1, 0.15) is 11.9 Å². The van der Waals surface area contributed by atoms with Gasteiger partial charge in [-0.3, -0.25) is 4.79 Å². The summed E-state index contributed by atoms with van der Waals surface area (Å²) in [7, 11) is 0. The molecule has 144 valence electrons. The molecule has 0 spiro atoms. The van der Waals surface area contributed by atoms with Gasteiger partial charge in [-0.15, -0.1) is 5.10 Å². The van der Waals surface area contributed by atoms with Crippen molar-refractivity contribution in [3.05, 3.63) is 71.0 Å². The van der Waals surface area contributed by atoms with E-state index >= 15 is 0 Å². The number of aryl methyl sites for hydroxylation is 2. The summed E-state index contributed by atoms with van der Waals surface area (Å²) >= 11 is 0. The largest absolute Gasteiger partial charge is 0.399 e. The van der Waals surface area contributed by atoms with E-state index in [0.29, 0.717) is 12.2 Å². The van der Waals surface area contributed by atoms with E-state index in [-0.39, 0.29) is 11.9 Å². The smallest absolute Gasteiger partial charge is 0.245 e. The second-order valence-corrected chi connectivity index (χ2v) is 7.29. The highest BCUT2D eigenvalue weighted by Gasteiger charge is 2.28. The number of fused-ring (bicyclic) bond motifs is 1. The first-order valence-corrected chi connectivity index (χ1v) is 9.59. The van der Waals surface area contributed by atoms with Crippen LogP contribution in [0.1, 0.15) is 47.4 Å². The number of aromatic nitrogens is 4. The molecule has 4 rings (SSSR count). The van der Waals surface area contributed by atoms with Gasteiger partial charge < -0.3 is 11.1 Å². The number of nitrogen functional groups attached to an aromatic ring is 1. The molecule has 1 amide bonds. The predicted octanol–water partition coefficient (Wildman–Crippen LogP) is 2.54. The molecule has 1 heterocycles. The number of hydrogen-bond acceptors (Lipinski definition) is 5. The summed E-state index contributed by atoms with van der Waals surface area (Å²) in [4.78, 5) is 13.3. The average Bonchev–Trinajstić information content (AvgIpc) is 3.12. The van der Waals surface area contributed by atoms with Crippen molar-refractivity contribution >= 4 is 11.6 Å². The first kappa shape index (κ1) is 18.2. The highest BCUT2D eigenvalue weighted by Crippen LogP contribution is 2.31. The van der Waals surface area contributed by atoms with E-state index in [9.17, 15) is 4.79 Å². The highest BCUT2D eigenvalue weighted by molar-refractivity contribution is 5.81. The van der Waals surface area contributed by atoms with E-state index < -0.39 is 6.04 Å². The lowest BCUT2D eigenvalue weighted by molar-refractivity contribution is -0.125. The molecule has 0 saturated heterocycles. The summed E-state index contributed by atoms with van der Waals surface area (Å²) in [5.74, 6) is 0.543. The second-order valence-electron chi connectivity index (χ2n) is 7.29. The van der Waals surface area contributed by atoms with E-state index in [1.165, 1.54) is 5.56 Å². The molecule has 0 bridgehead atoms. The van der Waals surface area contributed by atoms with Crippen LogP contribution in [0.3, 0.4) is 0 Å². The Balaban J connectivity index is 1.59. The number of anilines is 1. The molecule has 0 aliphatic heterocycles. The number of carbonyl (C=O) groups excluding carboxylic acids is 1. The summed E-state index contributed by atoms with van der Waals surface area (Å²) in [5, 5.41) is 15.0. The van der Waals surface area contributed by atoms with Gasteiger partial charge in [0, 0.05) is 12.1 Å². The van der Waals surface area contributed by atoms with Gasteiger partial charge in [-0.25, -0.2) is 4.68 Å². The molecular formula is C21H24N6O. The number of nitrogens with one attached hydrogen (secondary N) is 1. The SMILES string of the molecule is Cc1nnnn1C(Cc1ccccc1)C(=O)NC1CCCc2cc(N)ccc21. The molecule has 0 saturated carbocycles. The van der Waals surface area contributed by atoms with Gasteiger partial charge in [0.15, 0.2) is 0 Å². The van der Waals surface area contributed by atoms with Crippen molar-refractivity contribution < 1.29 is 4.79 Å². The first-order valence-electron chi connectivity index (χ1n) is 9.59. The lowest BCUT2D eigenvalue weighted by atomic mass is 9.87. The minimum Gasteiger partial charge on any atom is -0.399 e. The van der Waals surface area contributed by atoms with Crippen LogP contribution in [-0.4, -0.2) is 26.1 Å². The van der Waals surface area contributed by atoms with Crippen LogP contribution in [0.2, 0.25) is 0 Å². The maximum Gasteiger partial charge on any atom is 0.245 e. The van der Waals surface area contributed by atoms with Crippen LogP contribution >= 0.6 is 0 Å². The van der Waals surface area contributed by atoms with Crippen molar-refractivity contribution in [3.63, 3.8) is 0 Å². The Hall–Kier alpha value is -3.22. The van der Waals surface area contributed by atoms with Crippen LogP contribution < -0.4 is 11.1 Å². The molecule has 7 nitrogen and oxygen atoms in total. The molecule has 1 aliphatic carbocycles. The van der Waals surface area contributed by atoms with Crippen LogP contribution in [-0.2, 0) is 17.6 Å². The third kappa shape index (κ3) is 3.74. The summed E-state index contributed by atoms with van der Waals surface area (Å²) in [6.07, 6.45) is 3.45. The molecule has 2 unspecified atom stereocenters. The maximum atomic E-state index is 13.3. The quantitative estimate of drug-likeness (QED) is 0.667. The van der Waals surface area contributed by atoms with Crippen molar-refractivity contribution in [1.82, 2.24) is 25.5 Å². The van der Waals surface area contributed by atoms with E-state index in [1.54, 1.807) is 4.68 Å². The van der Waals surface area contributed by atoms with E-state index in [4.69, 9.17) is 5.73 Å². The topological polar surface area (TPSA) is 98.7 Å². The summed E-state index contributed by atoms with van der Waals surface area (Å²) in [5.41, 5.74) is 10.1. The van der Waals surface area contributed by atoms with Crippen LogP contribution in [0.4, 0.5) is 5.69 Å². The highest BCUT2D eigenvalue weighted by atomic mass is 16.2. The number of nitrogens with two attached hydrogens (primary N) is 1. The number of benzene rings is 2. The number of tetrazole rings is 1. The molecule has 1 aromatic heterocycles. The zero-order valence-electron chi connectivity index (χ0n) is 15.9. The number of rotatable bonds is 5. The van der Waals surface area contributed by atoms with Crippen molar-refractivity contribution in [1.29, 1.82) is 0 Å². The fraction of sp³-hybridized carbons (Fsp3) is 0.333. The Kier molecular flexibility index (Phi) is 5.06. The van der Waals surface area contributed by atoms with Crippen molar-refractivity contribution in [2.24, 2.45) is 0 Å². The molecule has 3 N–H and O–H groups in total. The van der Waals surface area contributed by atoms with Crippen molar-refractivity contribution in [3.8, 4) is 0 Å². The second kappa shape index (κ2) is 7.80. The molecule has 2 atom stereocenters. The number of nitrogens with zero attached hydrogens (tertiary/aromatic N) is 4. The normalized spacial score (nSPS) is 17.0. The van der Waals surface area contributed by atoms with Crippen LogP contribution in [0, 0.1) is 6.92 Å². The molecule has 0 fully saturated rings. The Morgan fingerprint density at radius 3 is 2.86 bits per heavy atom. The third-order valence-corrected chi connectivity index (χ3v) is 5.32. The van der Waals surface area contributed by atoms with E-state index in [2.05, 4.69) is 20.8 Å². The number of carbonyl (C=O) groups is 1. The van der Waals surface area contributed by atoms with Gasteiger partial charge in [-0.2, -0.15) is 0 Å². The lowest BCUT2D eigenvalue weighted by Crippen LogP contribution is -2.38. The number of hydrogen-bond donors (Lipinski definition) is 2. The maximum absolute atomic E-state index is 13.3. The molecule has 28 heavy (non-hydrogen) atoms. The minimum absolute atomic E-state index is 0.0214. The fourth-order valence-corrected chi connectivity index (χ4v) is 3.91. The molecule has 1 aliphatic rings. The predicted molar refractivity (Wildman–Crippen MR) is 106 cm³/mol. The molecule has 7 heteroatoms. The van der Waals surface area contributed by atoms with Crippen LogP contribution in [0.5, 0.6) is 0 Å². The fourth-order valence-electron chi connectivity index (χ4n) is 3.91.